The number of nitrogens with zero attached hydrogens (tertiary/aromatic N) is 3. The average molecular weight is 510 g/mol. The predicted octanol–water partition coefficient (Wildman–Crippen LogP) is 2.54. The largest absolute Gasteiger partial charge is 0.462 e. The van der Waals surface area contributed by atoms with Crippen LogP contribution in [0.15, 0.2) is 30.3 Å². The van der Waals surface area contributed by atoms with E-state index in [0.717, 1.165) is 18.2 Å². The Hall–Kier alpha value is -3.66. The van der Waals surface area contributed by atoms with E-state index in [1.54, 1.807) is 18.7 Å². The van der Waals surface area contributed by atoms with Gasteiger partial charge in [0.2, 0.25) is 15.9 Å². The van der Waals surface area contributed by atoms with Gasteiger partial charge in [-0.15, -0.1) is 0 Å². The van der Waals surface area contributed by atoms with Gasteiger partial charge in [-0.05, 0) is 31.5 Å². The van der Waals surface area contributed by atoms with Crippen molar-refractivity contribution in [1.29, 1.82) is 5.26 Å². The molecule has 35 heavy (non-hydrogen) atoms. The molecule has 1 aromatic heterocycles. The topological polar surface area (TPSA) is 129 Å². The second-order valence-corrected chi connectivity index (χ2v) is 9.53. The summed E-state index contributed by atoms with van der Waals surface area (Å²) in [7, 11) is -4.40. The maximum Gasteiger partial charge on any atom is 0.416 e. The Morgan fingerprint density at radius 3 is 2.54 bits per heavy atom. The summed E-state index contributed by atoms with van der Waals surface area (Å²) in [5.41, 5.74) is -1.04. The number of ether oxygens (including phenoxy) is 1. The van der Waals surface area contributed by atoms with Gasteiger partial charge in [-0.2, -0.15) is 18.4 Å². The molecule has 3 rings (SSSR count). The highest BCUT2D eigenvalue weighted by Crippen LogP contribution is 2.33. The molecule has 0 saturated carbocycles. The molecule has 0 spiro atoms. The summed E-state index contributed by atoms with van der Waals surface area (Å²) in [4.78, 5) is 30.3. The number of carbonyl (C=O) groups is 2. The van der Waals surface area contributed by atoms with Crippen LogP contribution in [0.4, 0.5) is 19.0 Å². The van der Waals surface area contributed by atoms with Gasteiger partial charge >= 0.3 is 12.1 Å². The SMILES string of the molecule is CCOC(=O)c1cc(C#N)c(N2CC(C(=O)NS(=O)(=O)Cc3ccccc3C(F)(F)F)C2)nc1C. The Morgan fingerprint density at radius 1 is 1.29 bits per heavy atom. The van der Waals surface area contributed by atoms with Crippen molar-refractivity contribution in [3.8, 4) is 6.07 Å². The molecule has 9 nitrogen and oxygen atoms in total. The molecular weight excluding hydrogens is 489 g/mol. The molecule has 186 valence electrons. The molecule has 1 aromatic carbocycles. The van der Waals surface area contributed by atoms with E-state index < -0.39 is 50.9 Å². The van der Waals surface area contributed by atoms with Gasteiger partial charge in [0.15, 0.2) is 0 Å². The van der Waals surface area contributed by atoms with Crippen LogP contribution < -0.4 is 9.62 Å². The molecule has 1 amide bonds. The number of pyridine rings is 1. The van der Waals surface area contributed by atoms with E-state index in [-0.39, 0.29) is 36.6 Å². The quantitative estimate of drug-likeness (QED) is 0.563. The van der Waals surface area contributed by atoms with Gasteiger partial charge in [0.25, 0.3) is 0 Å². The number of halogens is 3. The molecule has 0 aliphatic carbocycles. The van der Waals surface area contributed by atoms with E-state index in [0.29, 0.717) is 5.69 Å². The summed E-state index contributed by atoms with van der Waals surface area (Å²) < 4.78 is 70.9. The molecule has 13 heteroatoms. The number of esters is 1. The summed E-state index contributed by atoms with van der Waals surface area (Å²) in [6.07, 6.45) is -4.74. The fraction of sp³-hybridized carbons (Fsp3) is 0.364. The zero-order valence-corrected chi connectivity index (χ0v) is 19.5. The molecule has 1 aliphatic heterocycles. The van der Waals surface area contributed by atoms with Crippen molar-refractivity contribution in [2.45, 2.75) is 25.8 Å². The number of hydrogen-bond acceptors (Lipinski definition) is 8. The van der Waals surface area contributed by atoms with Crippen molar-refractivity contribution in [1.82, 2.24) is 9.71 Å². The van der Waals surface area contributed by atoms with Crippen LogP contribution in [0.5, 0.6) is 0 Å². The minimum absolute atomic E-state index is 0.0281. The minimum Gasteiger partial charge on any atom is -0.462 e. The number of nitriles is 1. The van der Waals surface area contributed by atoms with Crippen LogP contribution in [-0.2, 0) is 31.5 Å². The maximum atomic E-state index is 13.1. The molecule has 0 radical (unpaired) electrons. The number of benzene rings is 1. The normalized spacial score (nSPS) is 14.1. The number of amides is 1. The van der Waals surface area contributed by atoms with Crippen molar-refractivity contribution in [3.05, 3.63) is 58.3 Å². The van der Waals surface area contributed by atoms with E-state index in [4.69, 9.17) is 4.74 Å². The number of rotatable bonds is 7. The number of aryl methyl sites for hydroxylation is 1. The summed E-state index contributed by atoms with van der Waals surface area (Å²) >= 11 is 0. The molecule has 0 atom stereocenters. The number of alkyl halides is 3. The van der Waals surface area contributed by atoms with Crippen LogP contribution >= 0.6 is 0 Å². The zero-order chi connectivity index (χ0) is 26.0. The fourth-order valence-corrected chi connectivity index (χ4v) is 4.76. The summed E-state index contributed by atoms with van der Waals surface area (Å²) in [5.74, 6) is -3.08. The lowest BCUT2D eigenvalue weighted by Crippen LogP contribution is -2.55. The summed E-state index contributed by atoms with van der Waals surface area (Å²) in [6, 6.07) is 7.50. The fourth-order valence-electron chi connectivity index (χ4n) is 3.55. The second kappa shape index (κ2) is 9.91. The van der Waals surface area contributed by atoms with Gasteiger partial charge in [0.05, 0.1) is 40.7 Å². The highest BCUT2D eigenvalue weighted by Gasteiger charge is 2.38. The van der Waals surface area contributed by atoms with Crippen molar-refractivity contribution in [3.63, 3.8) is 0 Å². The van der Waals surface area contributed by atoms with Crippen LogP contribution in [0, 0.1) is 24.2 Å². The maximum absolute atomic E-state index is 13.1. The van der Waals surface area contributed by atoms with Crippen LogP contribution in [-0.4, -0.2) is 45.0 Å². The lowest BCUT2D eigenvalue weighted by atomic mass is 9.98. The first-order valence-corrected chi connectivity index (χ1v) is 12.0. The Kier molecular flexibility index (Phi) is 7.35. The highest BCUT2D eigenvalue weighted by atomic mass is 32.2. The van der Waals surface area contributed by atoms with E-state index >= 15 is 0 Å². The molecule has 1 N–H and O–H groups in total. The lowest BCUT2D eigenvalue weighted by Gasteiger charge is -2.39. The number of aromatic nitrogens is 1. The Labute approximate surface area is 199 Å². The zero-order valence-electron chi connectivity index (χ0n) is 18.7. The Morgan fingerprint density at radius 2 is 1.94 bits per heavy atom. The number of anilines is 1. The van der Waals surface area contributed by atoms with Crippen molar-refractivity contribution in [2.24, 2.45) is 5.92 Å². The van der Waals surface area contributed by atoms with Gasteiger partial charge < -0.3 is 9.64 Å². The van der Waals surface area contributed by atoms with Crippen LogP contribution in [0.25, 0.3) is 0 Å². The Bertz CT molecular complexity index is 1300. The van der Waals surface area contributed by atoms with Gasteiger partial charge in [-0.3, -0.25) is 9.52 Å². The molecule has 1 saturated heterocycles. The van der Waals surface area contributed by atoms with E-state index in [9.17, 15) is 36.4 Å². The number of carbonyl (C=O) groups excluding carboxylic acids is 2. The molecular formula is C22H21F3N4O5S. The van der Waals surface area contributed by atoms with Gasteiger partial charge in [-0.25, -0.2) is 18.2 Å². The number of sulfonamides is 1. The third kappa shape index (κ3) is 5.89. The second-order valence-electron chi connectivity index (χ2n) is 7.81. The standard InChI is InChI=1S/C22H21F3N4O5S/c1-3-34-21(31)17-8-15(9-26)19(27-13(17)2)29-10-16(11-29)20(30)28-35(32,33)12-14-6-4-5-7-18(14)22(23,24)25/h4-8,16H,3,10-12H2,1-2H3,(H,28,30). The third-order valence-electron chi connectivity index (χ3n) is 5.29. The monoisotopic (exact) mass is 510 g/mol. The summed E-state index contributed by atoms with van der Waals surface area (Å²) in [6.45, 7) is 3.41. The van der Waals surface area contributed by atoms with Crippen molar-refractivity contribution < 1.29 is 35.9 Å². The molecule has 2 heterocycles. The van der Waals surface area contributed by atoms with Crippen LogP contribution in [0.1, 0.15) is 39.7 Å². The van der Waals surface area contributed by atoms with Crippen molar-refractivity contribution >= 4 is 27.7 Å². The first-order chi connectivity index (χ1) is 16.4. The van der Waals surface area contributed by atoms with Crippen LogP contribution in [0.3, 0.4) is 0 Å². The van der Waals surface area contributed by atoms with E-state index in [1.165, 1.54) is 12.1 Å². The third-order valence-corrected chi connectivity index (χ3v) is 6.49. The lowest BCUT2D eigenvalue weighted by molar-refractivity contribution is -0.138. The minimum atomic E-state index is -4.74. The molecule has 1 fully saturated rings. The first kappa shape index (κ1) is 26.0. The smallest absolute Gasteiger partial charge is 0.416 e. The summed E-state index contributed by atoms with van der Waals surface area (Å²) in [5, 5.41) is 9.45. The first-order valence-electron chi connectivity index (χ1n) is 10.4. The van der Waals surface area contributed by atoms with Gasteiger partial charge in [-0.1, -0.05) is 18.2 Å². The molecule has 0 bridgehead atoms. The molecule has 2 aromatic rings. The number of hydrogen-bond donors (Lipinski definition) is 1. The van der Waals surface area contributed by atoms with Gasteiger partial charge in [0.1, 0.15) is 11.9 Å². The van der Waals surface area contributed by atoms with E-state index in [1.807, 2.05) is 10.8 Å². The number of nitrogens with one attached hydrogen (secondary N) is 1. The predicted molar refractivity (Wildman–Crippen MR) is 118 cm³/mol. The highest BCUT2D eigenvalue weighted by molar-refractivity contribution is 7.89. The van der Waals surface area contributed by atoms with E-state index in [2.05, 4.69) is 4.98 Å². The Balaban J connectivity index is 1.68. The molecule has 1 aliphatic rings. The average Bonchev–Trinajstić information content (AvgIpc) is 2.71. The van der Waals surface area contributed by atoms with Gasteiger partial charge in [0, 0.05) is 13.1 Å². The van der Waals surface area contributed by atoms with Crippen molar-refractivity contribution in [2.75, 3.05) is 24.6 Å². The molecule has 0 unspecified atom stereocenters. The van der Waals surface area contributed by atoms with Crippen LogP contribution in [0.2, 0.25) is 0 Å².